The molecule has 3 rings (SSSR count). The van der Waals surface area contributed by atoms with Crippen LogP contribution in [0.2, 0.25) is 0 Å². The Balaban J connectivity index is 1.97. The zero-order valence-electron chi connectivity index (χ0n) is 12.8. The van der Waals surface area contributed by atoms with E-state index >= 15 is 0 Å². The van der Waals surface area contributed by atoms with Crippen LogP contribution in [0.15, 0.2) is 52.3 Å². The van der Waals surface area contributed by atoms with E-state index in [1.807, 2.05) is 6.92 Å². The molecule has 0 atom stereocenters. The van der Waals surface area contributed by atoms with Crippen LogP contribution < -0.4 is 16.0 Å². The van der Waals surface area contributed by atoms with Crippen molar-refractivity contribution >= 4 is 32.7 Å². The molecule has 124 valence electrons. The number of benzene rings is 1. The second kappa shape index (κ2) is 6.02. The average molecular weight is 345 g/mol. The van der Waals surface area contributed by atoms with Crippen LogP contribution in [-0.4, -0.2) is 23.0 Å². The van der Waals surface area contributed by atoms with Crippen molar-refractivity contribution in [1.82, 2.24) is 14.5 Å². The summed E-state index contributed by atoms with van der Waals surface area (Å²) < 4.78 is 24.1. The third-order valence-electron chi connectivity index (χ3n) is 3.48. The van der Waals surface area contributed by atoms with Gasteiger partial charge in [-0.1, -0.05) is 0 Å². The fourth-order valence-corrected chi connectivity index (χ4v) is 2.81. The Morgan fingerprint density at radius 1 is 1.17 bits per heavy atom. The molecule has 0 aliphatic heterocycles. The summed E-state index contributed by atoms with van der Waals surface area (Å²) in [6, 6.07) is 9.06. The maximum absolute atomic E-state index is 11.9. The van der Waals surface area contributed by atoms with Crippen LogP contribution >= 0.6 is 0 Å². The highest BCUT2D eigenvalue weighted by Gasteiger charge is 2.08. The topological polar surface area (TPSA) is 120 Å². The van der Waals surface area contributed by atoms with Gasteiger partial charge in [-0.05, 0) is 37.3 Å². The Morgan fingerprint density at radius 3 is 2.50 bits per heavy atom. The number of sulfonamides is 1. The number of anilines is 2. The summed E-state index contributed by atoms with van der Waals surface area (Å²) in [6.07, 6.45) is 1.62. The van der Waals surface area contributed by atoms with E-state index < -0.39 is 10.0 Å². The molecule has 0 aliphatic carbocycles. The van der Waals surface area contributed by atoms with Crippen molar-refractivity contribution in [2.45, 2.75) is 18.4 Å². The van der Waals surface area contributed by atoms with Gasteiger partial charge in [-0.25, -0.2) is 18.5 Å². The minimum absolute atomic E-state index is 0.0206. The number of hydrogen-bond donors (Lipinski definition) is 2. The number of rotatable bonds is 4. The summed E-state index contributed by atoms with van der Waals surface area (Å²) in [6.45, 7) is 2.36. The number of fused-ring (bicyclic) bond motifs is 1. The van der Waals surface area contributed by atoms with E-state index in [4.69, 9.17) is 5.14 Å². The minimum atomic E-state index is -3.73. The van der Waals surface area contributed by atoms with Gasteiger partial charge in [-0.2, -0.15) is 4.98 Å². The fourth-order valence-electron chi connectivity index (χ4n) is 2.29. The number of nitrogens with two attached hydrogens (primary N) is 1. The molecule has 0 spiro atoms. The van der Waals surface area contributed by atoms with E-state index in [-0.39, 0.29) is 10.5 Å². The number of aryl methyl sites for hydroxylation is 1. The van der Waals surface area contributed by atoms with E-state index in [0.29, 0.717) is 23.8 Å². The summed E-state index contributed by atoms with van der Waals surface area (Å²) in [4.78, 5) is 20.5. The van der Waals surface area contributed by atoms with Crippen molar-refractivity contribution in [2.24, 2.45) is 5.14 Å². The molecule has 0 bridgehead atoms. The monoisotopic (exact) mass is 345 g/mol. The number of nitrogens with one attached hydrogen (secondary N) is 1. The van der Waals surface area contributed by atoms with Crippen LogP contribution in [0.1, 0.15) is 6.92 Å². The van der Waals surface area contributed by atoms with Gasteiger partial charge in [0, 0.05) is 29.9 Å². The normalized spacial score (nSPS) is 11.6. The molecular formula is C15H15N5O3S. The Morgan fingerprint density at radius 2 is 1.88 bits per heavy atom. The third kappa shape index (κ3) is 3.12. The zero-order valence-corrected chi connectivity index (χ0v) is 13.6. The molecule has 2 aromatic heterocycles. The molecule has 0 unspecified atom stereocenters. The summed E-state index contributed by atoms with van der Waals surface area (Å²) in [5, 5.41) is 8.79. The summed E-state index contributed by atoms with van der Waals surface area (Å²) in [5.41, 5.74) is 0.999. The first-order valence-electron chi connectivity index (χ1n) is 7.15. The number of primary sulfonamides is 1. The zero-order chi connectivity index (χ0) is 17.3. The molecule has 3 aromatic rings. The lowest BCUT2D eigenvalue weighted by Crippen LogP contribution is -2.19. The molecule has 24 heavy (non-hydrogen) atoms. The number of pyridine rings is 1. The second-order valence-corrected chi connectivity index (χ2v) is 6.64. The predicted molar refractivity (Wildman–Crippen MR) is 90.6 cm³/mol. The van der Waals surface area contributed by atoms with Crippen molar-refractivity contribution in [3.8, 4) is 0 Å². The first-order valence-corrected chi connectivity index (χ1v) is 8.69. The highest BCUT2D eigenvalue weighted by atomic mass is 32.2. The highest BCUT2D eigenvalue weighted by Crippen LogP contribution is 2.17. The van der Waals surface area contributed by atoms with Gasteiger partial charge in [0.2, 0.25) is 16.0 Å². The maximum Gasteiger partial charge on any atom is 0.252 e. The van der Waals surface area contributed by atoms with Crippen molar-refractivity contribution in [1.29, 1.82) is 0 Å². The Labute approximate surface area is 138 Å². The van der Waals surface area contributed by atoms with Crippen LogP contribution in [0.25, 0.3) is 11.0 Å². The van der Waals surface area contributed by atoms with E-state index in [0.717, 1.165) is 5.39 Å². The lowest BCUT2D eigenvalue weighted by atomic mass is 10.3. The van der Waals surface area contributed by atoms with Gasteiger partial charge in [0.25, 0.3) is 5.56 Å². The van der Waals surface area contributed by atoms with Gasteiger partial charge in [-0.15, -0.1) is 0 Å². The number of nitrogens with zero attached hydrogens (tertiary/aromatic N) is 3. The summed E-state index contributed by atoms with van der Waals surface area (Å²) >= 11 is 0. The Kier molecular flexibility index (Phi) is 4.04. The van der Waals surface area contributed by atoms with Gasteiger partial charge < -0.3 is 5.32 Å². The molecule has 0 radical (unpaired) electrons. The van der Waals surface area contributed by atoms with E-state index in [1.54, 1.807) is 29.0 Å². The molecule has 1 aromatic carbocycles. The maximum atomic E-state index is 11.9. The highest BCUT2D eigenvalue weighted by molar-refractivity contribution is 7.89. The second-order valence-electron chi connectivity index (χ2n) is 5.08. The lowest BCUT2D eigenvalue weighted by Gasteiger charge is -2.09. The fraction of sp³-hybridized carbons (Fsp3) is 0.133. The van der Waals surface area contributed by atoms with Crippen LogP contribution in [-0.2, 0) is 16.6 Å². The smallest absolute Gasteiger partial charge is 0.252 e. The van der Waals surface area contributed by atoms with Gasteiger partial charge in [0.1, 0.15) is 5.65 Å². The SMILES string of the molecule is CCn1c(=O)ccc2cnc(Nc3ccc(S(N)(=O)=O)cc3)nc21. The van der Waals surface area contributed by atoms with E-state index in [2.05, 4.69) is 15.3 Å². The largest absolute Gasteiger partial charge is 0.324 e. The molecule has 3 N–H and O–H groups in total. The minimum Gasteiger partial charge on any atom is -0.324 e. The predicted octanol–water partition coefficient (Wildman–Crippen LogP) is 1.20. The van der Waals surface area contributed by atoms with Crippen molar-refractivity contribution < 1.29 is 8.42 Å². The molecule has 0 fully saturated rings. The van der Waals surface area contributed by atoms with Crippen molar-refractivity contribution in [3.63, 3.8) is 0 Å². The Hall–Kier alpha value is -2.78. The van der Waals surface area contributed by atoms with Crippen molar-refractivity contribution in [3.05, 3.63) is 52.9 Å². The van der Waals surface area contributed by atoms with Crippen molar-refractivity contribution in [2.75, 3.05) is 5.32 Å². The standard InChI is InChI=1S/C15H15N5O3S/c1-2-20-13(21)8-3-10-9-17-15(19-14(10)20)18-11-4-6-12(7-5-11)24(16,22)23/h3-9H,2H2,1H3,(H2,16,22,23)(H,17,18,19). The summed E-state index contributed by atoms with van der Waals surface area (Å²) in [7, 11) is -3.73. The van der Waals surface area contributed by atoms with Gasteiger partial charge in [0.05, 0.1) is 4.90 Å². The van der Waals surface area contributed by atoms with Gasteiger partial charge in [0.15, 0.2) is 0 Å². The average Bonchev–Trinajstić information content (AvgIpc) is 2.54. The number of hydrogen-bond acceptors (Lipinski definition) is 6. The van der Waals surface area contributed by atoms with Gasteiger partial charge >= 0.3 is 0 Å². The molecule has 0 saturated carbocycles. The third-order valence-corrected chi connectivity index (χ3v) is 4.41. The molecule has 0 aliphatic rings. The molecule has 0 amide bonds. The first kappa shape index (κ1) is 16.1. The van der Waals surface area contributed by atoms with Crippen LogP contribution in [0.5, 0.6) is 0 Å². The molecular weight excluding hydrogens is 330 g/mol. The summed E-state index contributed by atoms with van der Waals surface area (Å²) in [5.74, 6) is 0.304. The Bertz CT molecular complexity index is 1060. The van der Waals surface area contributed by atoms with Crippen LogP contribution in [0, 0.1) is 0 Å². The molecule has 9 heteroatoms. The van der Waals surface area contributed by atoms with Crippen LogP contribution in [0.4, 0.5) is 11.6 Å². The number of aromatic nitrogens is 3. The molecule has 8 nitrogen and oxygen atoms in total. The van der Waals surface area contributed by atoms with Gasteiger partial charge in [-0.3, -0.25) is 9.36 Å². The van der Waals surface area contributed by atoms with Crippen LogP contribution in [0.3, 0.4) is 0 Å². The van der Waals surface area contributed by atoms with E-state index in [1.165, 1.54) is 18.2 Å². The quantitative estimate of drug-likeness (QED) is 0.733. The lowest BCUT2D eigenvalue weighted by molar-refractivity contribution is 0.598. The molecule has 2 heterocycles. The van der Waals surface area contributed by atoms with E-state index in [9.17, 15) is 13.2 Å². The first-order chi connectivity index (χ1) is 11.4. The molecule has 0 saturated heterocycles.